The number of hydrogen-bond donors (Lipinski definition) is 1. The molecule has 7 nitrogen and oxygen atoms in total. The molecule has 0 atom stereocenters. The lowest BCUT2D eigenvalue weighted by Crippen LogP contribution is -2.03. The van der Waals surface area contributed by atoms with Crippen molar-refractivity contribution < 1.29 is 9.47 Å². The Kier molecular flexibility index (Phi) is 6.63. The molecule has 0 unspecified atom stereocenters. The highest BCUT2D eigenvalue weighted by molar-refractivity contribution is 5.81. The highest BCUT2D eigenvalue weighted by Crippen LogP contribution is 2.35. The third-order valence-electron chi connectivity index (χ3n) is 5.31. The van der Waals surface area contributed by atoms with Crippen LogP contribution in [0.5, 0.6) is 11.6 Å². The molecular weight excluding hydrogens is 402 g/mol. The summed E-state index contributed by atoms with van der Waals surface area (Å²) in [5.74, 6) is 1.22. The molecule has 0 saturated carbocycles. The van der Waals surface area contributed by atoms with Gasteiger partial charge in [0.25, 0.3) is 5.88 Å². The number of rotatable bonds is 4. The number of nitrogens with one attached hydrogen (secondary N) is 1. The van der Waals surface area contributed by atoms with Crippen LogP contribution in [0.3, 0.4) is 0 Å². The van der Waals surface area contributed by atoms with Gasteiger partial charge in [0.2, 0.25) is 5.65 Å². The maximum Gasteiger partial charge on any atom is 0.258 e. The number of ether oxygens (including phenoxy) is 2. The van der Waals surface area contributed by atoms with Gasteiger partial charge in [-0.2, -0.15) is 5.26 Å². The van der Waals surface area contributed by atoms with E-state index in [9.17, 15) is 0 Å². The van der Waals surface area contributed by atoms with Gasteiger partial charge in [-0.15, -0.1) is 0 Å². The van der Waals surface area contributed by atoms with Crippen LogP contribution in [-0.4, -0.2) is 41.7 Å². The highest BCUT2D eigenvalue weighted by Gasteiger charge is 2.18. The van der Waals surface area contributed by atoms with Gasteiger partial charge in [0.1, 0.15) is 5.75 Å². The second-order valence-corrected chi connectivity index (χ2v) is 7.31. The Morgan fingerprint density at radius 1 is 0.938 bits per heavy atom. The normalized spacial score (nSPS) is 12.7. The van der Waals surface area contributed by atoms with Gasteiger partial charge in [0, 0.05) is 23.5 Å². The third-order valence-corrected chi connectivity index (χ3v) is 5.31. The van der Waals surface area contributed by atoms with Crippen molar-refractivity contribution in [3.63, 3.8) is 0 Å². The Labute approximate surface area is 187 Å². The molecule has 1 N–H and O–H groups in total. The third kappa shape index (κ3) is 4.41. The van der Waals surface area contributed by atoms with Crippen LogP contribution < -0.4 is 14.8 Å². The molecule has 32 heavy (non-hydrogen) atoms. The molecule has 3 heterocycles. The topological polar surface area (TPSA) is 84.5 Å². The van der Waals surface area contributed by atoms with Crippen LogP contribution >= 0.6 is 0 Å². The standard InChI is InChI=1S/C21H16N4O2.C4H9N/c1-26-17-9-7-16(8-10-17)19-18(15-5-3-14(13-22)4-6-15)24-21(27-2)20-23-11-12-25(19)20;1-2-4-5-3-1/h3-12H,1-2H3;5H,1-4H2. The minimum atomic E-state index is 0.441. The molecule has 1 aliphatic heterocycles. The number of imidazole rings is 1. The Bertz CT molecular complexity index is 1210. The van der Waals surface area contributed by atoms with E-state index in [0.717, 1.165) is 28.3 Å². The SMILES string of the molecule is C1CCNC1.COc1ccc(-c2c(-c3ccc(C#N)cc3)nc(OC)c3nccn23)cc1. The van der Waals surface area contributed by atoms with E-state index in [1.165, 1.54) is 25.9 Å². The second kappa shape index (κ2) is 9.94. The van der Waals surface area contributed by atoms with Crippen LogP contribution in [0.25, 0.3) is 28.2 Å². The van der Waals surface area contributed by atoms with Crippen LogP contribution in [0.15, 0.2) is 60.9 Å². The quantitative estimate of drug-likeness (QED) is 0.522. The average Bonchev–Trinajstić information content (AvgIpc) is 3.59. The molecule has 0 bridgehead atoms. The zero-order valence-electron chi connectivity index (χ0n) is 18.2. The Morgan fingerprint density at radius 3 is 2.19 bits per heavy atom. The molecule has 0 spiro atoms. The summed E-state index contributed by atoms with van der Waals surface area (Å²) >= 11 is 0. The molecule has 4 aromatic rings. The van der Waals surface area contributed by atoms with E-state index in [2.05, 4.69) is 16.4 Å². The van der Waals surface area contributed by atoms with Gasteiger partial charge in [-0.05, 0) is 62.3 Å². The van der Waals surface area contributed by atoms with Gasteiger partial charge in [0.15, 0.2) is 0 Å². The molecule has 1 saturated heterocycles. The minimum Gasteiger partial charge on any atom is -0.497 e. The Balaban J connectivity index is 0.000000433. The number of nitriles is 1. The summed E-state index contributed by atoms with van der Waals surface area (Å²) in [5.41, 5.74) is 4.71. The first-order valence-corrected chi connectivity index (χ1v) is 10.5. The smallest absolute Gasteiger partial charge is 0.258 e. The molecule has 1 aliphatic rings. The van der Waals surface area contributed by atoms with Gasteiger partial charge >= 0.3 is 0 Å². The fraction of sp³-hybridized carbons (Fsp3) is 0.240. The van der Waals surface area contributed by atoms with Crippen molar-refractivity contribution in [3.8, 4) is 40.2 Å². The largest absolute Gasteiger partial charge is 0.497 e. The van der Waals surface area contributed by atoms with Gasteiger partial charge < -0.3 is 14.8 Å². The van der Waals surface area contributed by atoms with E-state index in [-0.39, 0.29) is 0 Å². The van der Waals surface area contributed by atoms with Crippen LogP contribution in [0.2, 0.25) is 0 Å². The molecule has 0 radical (unpaired) electrons. The lowest BCUT2D eigenvalue weighted by atomic mass is 10.0. The zero-order valence-corrected chi connectivity index (χ0v) is 18.2. The van der Waals surface area contributed by atoms with Crippen molar-refractivity contribution in [2.75, 3.05) is 27.3 Å². The predicted molar refractivity (Wildman–Crippen MR) is 124 cm³/mol. The summed E-state index contributed by atoms with van der Waals surface area (Å²) < 4.78 is 12.7. The van der Waals surface area contributed by atoms with E-state index in [0.29, 0.717) is 17.1 Å². The van der Waals surface area contributed by atoms with Crippen LogP contribution in [0, 0.1) is 11.3 Å². The van der Waals surface area contributed by atoms with Crippen molar-refractivity contribution in [1.29, 1.82) is 5.26 Å². The number of fused-ring (bicyclic) bond motifs is 1. The lowest BCUT2D eigenvalue weighted by Gasteiger charge is -2.15. The van der Waals surface area contributed by atoms with Gasteiger partial charge in [-0.25, -0.2) is 9.97 Å². The van der Waals surface area contributed by atoms with E-state index in [4.69, 9.17) is 19.7 Å². The molecule has 0 amide bonds. The summed E-state index contributed by atoms with van der Waals surface area (Å²) in [6, 6.07) is 17.2. The minimum absolute atomic E-state index is 0.441. The van der Waals surface area contributed by atoms with Crippen LogP contribution in [0.4, 0.5) is 0 Å². The summed E-state index contributed by atoms with van der Waals surface area (Å²) in [7, 11) is 3.22. The molecule has 0 aliphatic carbocycles. The first-order chi connectivity index (χ1) is 15.7. The summed E-state index contributed by atoms with van der Waals surface area (Å²) in [4.78, 5) is 9.10. The van der Waals surface area contributed by atoms with Crippen molar-refractivity contribution >= 4 is 5.65 Å². The first kappa shape index (κ1) is 21.3. The highest BCUT2D eigenvalue weighted by atomic mass is 16.5. The Hall–Kier alpha value is -3.89. The van der Waals surface area contributed by atoms with E-state index in [1.807, 2.05) is 47.0 Å². The second-order valence-electron chi connectivity index (χ2n) is 7.31. The van der Waals surface area contributed by atoms with Crippen molar-refractivity contribution in [2.24, 2.45) is 0 Å². The summed E-state index contributed by atoms with van der Waals surface area (Å²) in [5, 5.41) is 12.3. The molecule has 7 heteroatoms. The van der Waals surface area contributed by atoms with E-state index >= 15 is 0 Å². The van der Waals surface area contributed by atoms with Gasteiger partial charge in [0.05, 0.1) is 37.2 Å². The Morgan fingerprint density at radius 2 is 1.62 bits per heavy atom. The number of hydrogen-bond acceptors (Lipinski definition) is 6. The zero-order chi connectivity index (χ0) is 22.3. The van der Waals surface area contributed by atoms with Gasteiger partial charge in [-0.1, -0.05) is 12.1 Å². The van der Waals surface area contributed by atoms with Crippen LogP contribution in [-0.2, 0) is 0 Å². The molecule has 2 aromatic heterocycles. The van der Waals surface area contributed by atoms with Crippen molar-refractivity contribution in [3.05, 3.63) is 66.5 Å². The predicted octanol–water partition coefficient (Wildman–Crippen LogP) is 4.32. The molecule has 5 rings (SSSR count). The summed E-state index contributed by atoms with van der Waals surface area (Å²) in [6.07, 6.45) is 6.38. The van der Waals surface area contributed by atoms with E-state index in [1.54, 1.807) is 32.5 Å². The lowest BCUT2D eigenvalue weighted by molar-refractivity contribution is 0.401. The molecular formula is C25H25N5O2. The molecule has 162 valence electrons. The maximum absolute atomic E-state index is 9.07. The fourth-order valence-electron chi connectivity index (χ4n) is 3.65. The number of methoxy groups -OCH3 is 2. The fourth-order valence-corrected chi connectivity index (χ4v) is 3.65. The van der Waals surface area contributed by atoms with Crippen molar-refractivity contribution in [2.45, 2.75) is 12.8 Å². The first-order valence-electron chi connectivity index (χ1n) is 10.5. The number of benzene rings is 2. The summed E-state index contributed by atoms with van der Waals surface area (Å²) in [6.45, 7) is 2.50. The van der Waals surface area contributed by atoms with Crippen molar-refractivity contribution in [1.82, 2.24) is 19.7 Å². The van der Waals surface area contributed by atoms with Crippen LogP contribution in [0.1, 0.15) is 18.4 Å². The molecule has 1 fully saturated rings. The van der Waals surface area contributed by atoms with Gasteiger partial charge in [-0.3, -0.25) is 4.40 Å². The molecule has 2 aromatic carbocycles. The average molecular weight is 428 g/mol. The monoisotopic (exact) mass is 427 g/mol. The maximum atomic E-state index is 9.07. The number of nitrogens with zero attached hydrogens (tertiary/aromatic N) is 4. The number of aromatic nitrogens is 3. The van der Waals surface area contributed by atoms with E-state index < -0.39 is 0 Å².